The van der Waals surface area contributed by atoms with Crippen molar-refractivity contribution in [1.29, 1.82) is 0 Å². The molecule has 21 heavy (non-hydrogen) atoms. The molecule has 1 N–H and O–H groups in total. The van der Waals surface area contributed by atoms with Gasteiger partial charge in [0.25, 0.3) is 0 Å². The van der Waals surface area contributed by atoms with Gasteiger partial charge in [-0.05, 0) is 38.3 Å². The molecule has 1 fully saturated rings. The summed E-state index contributed by atoms with van der Waals surface area (Å²) in [4.78, 5) is 2.35. The van der Waals surface area contributed by atoms with Gasteiger partial charge in [-0.1, -0.05) is 30.3 Å². The van der Waals surface area contributed by atoms with E-state index in [0.717, 1.165) is 19.5 Å². The van der Waals surface area contributed by atoms with Crippen LogP contribution < -0.4 is 5.32 Å². The minimum absolute atomic E-state index is 0.111. The Morgan fingerprint density at radius 2 is 1.90 bits per heavy atom. The predicted molar refractivity (Wildman–Crippen MR) is 78.1 cm³/mol. The summed E-state index contributed by atoms with van der Waals surface area (Å²) < 4.78 is 36.8. The number of benzene rings is 1. The molecule has 1 aromatic carbocycles. The Kier molecular flexibility index (Phi) is 5.27. The van der Waals surface area contributed by atoms with Gasteiger partial charge in [-0.15, -0.1) is 0 Å². The fourth-order valence-corrected chi connectivity index (χ4v) is 2.96. The first-order chi connectivity index (χ1) is 9.87. The van der Waals surface area contributed by atoms with Crippen molar-refractivity contribution >= 4 is 0 Å². The van der Waals surface area contributed by atoms with E-state index in [1.165, 1.54) is 5.56 Å². The Labute approximate surface area is 124 Å². The number of nitrogens with one attached hydrogen (secondary N) is 1. The summed E-state index contributed by atoms with van der Waals surface area (Å²) in [5.74, 6) is 0.276. The highest BCUT2D eigenvalue weighted by Gasteiger charge is 2.33. The van der Waals surface area contributed by atoms with Crippen LogP contribution in [0.5, 0.6) is 0 Å². The van der Waals surface area contributed by atoms with E-state index >= 15 is 0 Å². The molecule has 1 aliphatic rings. The van der Waals surface area contributed by atoms with E-state index in [1.54, 1.807) is 0 Å². The van der Waals surface area contributed by atoms with Gasteiger partial charge in [0.15, 0.2) is 0 Å². The average molecular weight is 300 g/mol. The van der Waals surface area contributed by atoms with Crippen molar-refractivity contribution in [2.24, 2.45) is 5.92 Å². The second kappa shape index (κ2) is 6.79. The molecule has 0 spiro atoms. The first-order valence-corrected chi connectivity index (χ1v) is 7.46. The van der Waals surface area contributed by atoms with Crippen molar-refractivity contribution in [3.63, 3.8) is 0 Å². The normalized spacial score (nSPS) is 23.2. The Morgan fingerprint density at radius 1 is 1.24 bits per heavy atom. The first kappa shape index (κ1) is 16.3. The van der Waals surface area contributed by atoms with Crippen LogP contribution in [0.25, 0.3) is 0 Å². The van der Waals surface area contributed by atoms with Crippen molar-refractivity contribution in [2.45, 2.75) is 38.5 Å². The van der Waals surface area contributed by atoms with Crippen LogP contribution in [0, 0.1) is 5.92 Å². The maximum Gasteiger partial charge on any atom is 0.401 e. The van der Waals surface area contributed by atoms with Gasteiger partial charge >= 0.3 is 6.18 Å². The van der Waals surface area contributed by atoms with Gasteiger partial charge in [-0.25, -0.2) is 0 Å². The van der Waals surface area contributed by atoms with Crippen LogP contribution in [0.1, 0.15) is 31.9 Å². The number of likely N-dealkylation sites (tertiary alicyclic amines) is 1. The van der Waals surface area contributed by atoms with Gasteiger partial charge in [-0.3, -0.25) is 4.90 Å². The molecule has 0 amide bonds. The van der Waals surface area contributed by atoms with Crippen molar-refractivity contribution in [2.75, 3.05) is 19.6 Å². The highest BCUT2D eigenvalue weighted by Crippen LogP contribution is 2.29. The average Bonchev–Trinajstić information content (AvgIpc) is 2.94. The minimum atomic E-state index is -4.14. The summed E-state index contributed by atoms with van der Waals surface area (Å²) in [7, 11) is 0. The van der Waals surface area contributed by atoms with E-state index in [-0.39, 0.29) is 12.0 Å². The molecule has 1 unspecified atom stereocenters. The molecular formula is C16H23F3N2. The van der Waals surface area contributed by atoms with Crippen LogP contribution in [0.4, 0.5) is 13.2 Å². The molecule has 118 valence electrons. The molecular weight excluding hydrogens is 277 g/mol. The molecule has 0 radical (unpaired) electrons. The molecule has 1 aromatic rings. The van der Waals surface area contributed by atoms with E-state index in [9.17, 15) is 13.2 Å². The molecule has 3 atom stereocenters. The fourth-order valence-electron chi connectivity index (χ4n) is 2.96. The quantitative estimate of drug-likeness (QED) is 0.893. The third-order valence-corrected chi connectivity index (χ3v) is 4.42. The molecule has 0 aromatic heterocycles. The van der Waals surface area contributed by atoms with Crippen LogP contribution >= 0.6 is 0 Å². The van der Waals surface area contributed by atoms with Crippen LogP contribution in [-0.4, -0.2) is 36.8 Å². The van der Waals surface area contributed by atoms with Crippen molar-refractivity contribution in [1.82, 2.24) is 10.2 Å². The third-order valence-electron chi connectivity index (χ3n) is 4.42. The highest BCUT2D eigenvalue weighted by atomic mass is 19.4. The summed E-state index contributed by atoms with van der Waals surface area (Å²) in [6.45, 7) is 4.90. The summed E-state index contributed by atoms with van der Waals surface area (Å²) in [5.41, 5.74) is 1.26. The molecule has 0 bridgehead atoms. The third kappa shape index (κ3) is 4.71. The number of rotatable bonds is 5. The van der Waals surface area contributed by atoms with Crippen LogP contribution in [0.3, 0.4) is 0 Å². The first-order valence-electron chi connectivity index (χ1n) is 7.46. The SMILES string of the molecule is CC(NCC(F)(F)F)[C@@H]1CCN([C@@H](C)c2ccccc2)C1. The lowest BCUT2D eigenvalue weighted by Crippen LogP contribution is -2.40. The summed E-state index contributed by atoms with van der Waals surface area (Å²) in [6.07, 6.45) is -3.19. The fraction of sp³-hybridized carbons (Fsp3) is 0.625. The molecule has 2 nitrogen and oxygen atoms in total. The Balaban J connectivity index is 1.85. The zero-order valence-electron chi connectivity index (χ0n) is 12.5. The van der Waals surface area contributed by atoms with Crippen LogP contribution in [-0.2, 0) is 0 Å². The number of hydrogen-bond donors (Lipinski definition) is 1. The smallest absolute Gasteiger partial charge is 0.306 e. The van der Waals surface area contributed by atoms with Crippen LogP contribution in [0.15, 0.2) is 30.3 Å². The summed E-state index contributed by atoms with van der Waals surface area (Å²) >= 11 is 0. The molecule has 0 saturated carbocycles. The minimum Gasteiger partial charge on any atom is -0.306 e. The van der Waals surface area contributed by atoms with Crippen molar-refractivity contribution in [3.8, 4) is 0 Å². The largest absolute Gasteiger partial charge is 0.401 e. The van der Waals surface area contributed by atoms with Crippen molar-refractivity contribution in [3.05, 3.63) is 35.9 Å². The van der Waals surface area contributed by atoms with E-state index in [2.05, 4.69) is 29.3 Å². The maximum atomic E-state index is 12.3. The molecule has 1 heterocycles. The second-order valence-electron chi connectivity index (χ2n) is 5.92. The number of alkyl halides is 3. The molecule has 2 rings (SSSR count). The lowest BCUT2D eigenvalue weighted by atomic mass is 10.0. The monoisotopic (exact) mass is 300 g/mol. The molecule has 1 saturated heterocycles. The highest BCUT2D eigenvalue weighted by molar-refractivity contribution is 5.18. The second-order valence-corrected chi connectivity index (χ2v) is 5.92. The summed E-state index contributed by atoms with van der Waals surface area (Å²) in [6, 6.07) is 10.4. The Hall–Kier alpha value is -1.07. The number of nitrogens with zero attached hydrogens (tertiary/aromatic N) is 1. The van der Waals surface area contributed by atoms with Gasteiger partial charge in [0.2, 0.25) is 0 Å². The van der Waals surface area contributed by atoms with Gasteiger partial charge in [0.1, 0.15) is 0 Å². The lowest BCUT2D eigenvalue weighted by molar-refractivity contribution is -0.126. The lowest BCUT2D eigenvalue weighted by Gasteiger charge is -2.26. The molecule has 1 aliphatic heterocycles. The molecule has 0 aliphatic carbocycles. The van der Waals surface area contributed by atoms with E-state index in [0.29, 0.717) is 6.04 Å². The Morgan fingerprint density at radius 3 is 2.52 bits per heavy atom. The van der Waals surface area contributed by atoms with Gasteiger partial charge in [0.05, 0.1) is 6.54 Å². The number of hydrogen-bond acceptors (Lipinski definition) is 2. The van der Waals surface area contributed by atoms with Crippen molar-refractivity contribution < 1.29 is 13.2 Å². The van der Waals surface area contributed by atoms with E-state index in [4.69, 9.17) is 0 Å². The van der Waals surface area contributed by atoms with Gasteiger partial charge < -0.3 is 5.32 Å². The topological polar surface area (TPSA) is 15.3 Å². The standard InChI is InChI=1S/C16H23F3N2/c1-12(20-11-16(17,18)19)15-8-9-21(10-15)13(2)14-6-4-3-5-7-14/h3-7,12-13,15,20H,8-11H2,1-2H3/t12?,13-,15+/m0/s1. The molecule has 5 heteroatoms. The number of halogens is 3. The van der Waals surface area contributed by atoms with E-state index < -0.39 is 12.7 Å². The zero-order valence-corrected chi connectivity index (χ0v) is 12.5. The van der Waals surface area contributed by atoms with E-state index in [1.807, 2.05) is 25.1 Å². The maximum absolute atomic E-state index is 12.3. The van der Waals surface area contributed by atoms with Gasteiger partial charge in [-0.2, -0.15) is 13.2 Å². The predicted octanol–water partition coefficient (Wildman–Crippen LogP) is 3.61. The van der Waals surface area contributed by atoms with Gasteiger partial charge in [0, 0.05) is 18.6 Å². The van der Waals surface area contributed by atoms with Crippen LogP contribution in [0.2, 0.25) is 0 Å². The Bertz CT molecular complexity index is 433. The zero-order chi connectivity index (χ0) is 15.5. The summed E-state index contributed by atoms with van der Waals surface area (Å²) in [5, 5.41) is 2.61.